The molecule has 4 rings (SSSR count). The van der Waals surface area contributed by atoms with Gasteiger partial charge in [0.15, 0.2) is 0 Å². The summed E-state index contributed by atoms with van der Waals surface area (Å²) in [6.45, 7) is 3.00. The molecule has 0 radical (unpaired) electrons. The van der Waals surface area contributed by atoms with Crippen LogP contribution in [0.2, 0.25) is 0 Å². The number of furan rings is 1. The number of rotatable bonds is 5. The molecule has 26 heavy (non-hydrogen) atoms. The van der Waals surface area contributed by atoms with Gasteiger partial charge in [-0.15, -0.1) is 0 Å². The topological polar surface area (TPSA) is 46.3 Å². The lowest BCUT2D eigenvalue weighted by Gasteiger charge is -2.22. The van der Waals surface area contributed by atoms with Crippen LogP contribution in [0.5, 0.6) is 0 Å². The molecular formula is C21H18N2O2S. The third kappa shape index (κ3) is 3.53. The smallest absolute Gasteiger partial charge is 0.254 e. The first kappa shape index (κ1) is 16.5. The van der Waals surface area contributed by atoms with Crippen LogP contribution in [0, 0.1) is 6.92 Å². The largest absolute Gasteiger partial charge is 0.461 e. The first-order valence-corrected chi connectivity index (χ1v) is 9.33. The van der Waals surface area contributed by atoms with Gasteiger partial charge in [0, 0.05) is 36.4 Å². The number of hydrogen-bond acceptors (Lipinski definition) is 4. The number of fused-ring (bicyclic) bond motifs is 1. The molecule has 0 atom stereocenters. The van der Waals surface area contributed by atoms with E-state index in [1.165, 1.54) is 0 Å². The summed E-state index contributed by atoms with van der Waals surface area (Å²) in [6.07, 6.45) is 3.54. The Kier molecular flexibility index (Phi) is 4.54. The minimum Gasteiger partial charge on any atom is -0.461 e. The Hall–Kier alpha value is -2.92. The Bertz CT molecular complexity index is 1020. The van der Waals surface area contributed by atoms with Crippen molar-refractivity contribution in [2.75, 3.05) is 0 Å². The lowest BCUT2D eigenvalue weighted by atomic mass is 10.1. The molecule has 0 saturated carbocycles. The normalized spacial score (nSPS) is 11.0. The van der Waals surface area contributed by atoms with Crippen molar-refractivity contribution in [2.45, 2.75) is 20.0 Å². The Balaban J connectivity index is 1.65. The second kappa shape index (κ2) is 7.14. The van der Waals surface area contributed by atoms with Crippen molar-refractivity contribution < 1.29 is 9.21 Å². The van der Waals surface area contributed by atoms with Crippen molar-refractivity contribution in [2.24, 2.45) is 0 Å². The Morgan fingerprint density at radius 2 is 2.04 bits per heavy atom. The van der Waals surface area contributed by atoms with Crippen LogP contribution in [0.4, 0.5) is 0 Å². The molecule has 4 aromatic rings. The summed E-state index contributed by atoms with van der Waals surface area (Å²) in [6, 6.07) is 13.5. The second-order valence-electron chi connectivity index (χ2n) is 6.26. The molecule has 0 fully saturated rings. The van der Waals surface area contributed by atoms with Gasteiger partial charge >= 0.3 is 0 Å². The fourth-order valence-electron chi connectivity index (χ4n) is 3.01. The van der Waals surface area contributed by atoms with Gasteiger partial charge in [0.2, 0.25) is 0 Å². The zero-order valence-corrected chi connectivity index (χ0v) is 15.2. The van der Waals surface area contributed by atoms with Crippen molar-refractivity contribution in [3.8, 4) is 0 Å². The molecule has 0 aliphatic heterocycles. The molecule has 0 N–H and O–H groups in total. The third-order valence-electron chi connectivity index (χ3n) is 4.22. The first-order valence-electron chi connectivity index (χ1n) is 8.38. The fraction of sp³-hybridized carbons (Fsp3) is 0.143. The highest BCUT2D eigenvalue weighted by molar-refractivity contribution is 7.07. The van der Waals surface area contributed by atoms with Crippen molar-refractivity contribution in [1.82, 2.24) is 9.88 Å². The Morgan fingerprint density at radius 3 is 2.81 bits per heavy atom. The average Bonchev–Trinajstić information content (AvgIpc) is 3.29. The molecule has 4 nitrogen and oxygen atoms in total. The summed E-state index contributed by atoms with van der Waals surface area (Å²) in [7, 11) is 0. The molecule has 5 heteroatoms. The van der Waals surface area contributed by atoms with E-state index in [4.69, 9.17) is 4.42 Å². The lowest BCUT2D eigenvalue weighted by Crippen LogP contribution is -2.30. The summed E-state index contributed by atoms with van der Waals surface area (Å²) >= 11 is 1.64. The second-order valence-corrected chi connectivity index (χ2v) is 7.04. The maximum absolute atomic E-state index is 13.2. The van der Waals surface area contributed by atoms with E-state index in [9.17, 15) is 4.79 Å². The van der Waals surface area contributed by atoms with E-state index >= 15 is 0 Å². The van der Waals surface area contributed by atoms with E-state index in [0.717, 1.165) is 27.9 Å². The van der Waals surface area contributed by atoms with Crippen LogP contribution in [0.1, 0.15) is 27.2 Å². The van der Waals surface area contributed by atoms with Crippen LogP contribution in [-0.4, -0.2) is 15.8 Å². The van der Waals surface area contributed by atoms with E-state index < -0.39 is 0 Å². The summed E-state index contributed by atoms with van der Waals surface area (Å²) in [5.74, 6) is 0.843. The van der Waals surface area contributed by atoms with Gasteiger partial charge in [0.1, 0.15) is 11.3 Å². The molecule has 0 saturated heterocycles. The van der Waals surface area contributed by atoms with Gasteiger partial charge in [-0.25, -0.2) is 0 Å². The highest BCUT2D eigenvalue weighted by Gasteiger charge is 2.18. The van der Waals surface area contributed by atoms with Crippen molar-refractivity contribution in [3.63, 3.8) is 0 Å². The number of pyridine rings is 1. The third-order valence-corrected chi connectivity index (χ3v) is 4.96. The zero-order valence-electron chi connectivity index (χ0n) is 14.4. The zero-order chi connectivity index (χ0) is 17.9. The molecule has 0 spiro atoms. The molecule has 0 unspecified atom stereocenters. The van der Waals surface area contributed by atoms with Crippen LogP contribution in [0.25, 0.3) is 11.0 Å². The van der Waals surface area contributed by atoms with E-state index in [-0.39, 0.29) is 5.91 Å². The first-order chi connectivity index (χ1) is 12.7. The number of hydrogen-bond donors (Lipinski definition) is 0. The van der Waals surface area contributed by atoms with Gasteiger partial charge in [0.05, 0.1) is 0 Å². The van der Waals surface area contributed by atoms with Gasteiger partial charge in [-0.3, -0.25) is 9.78 Å². The average molecular weight is 362 g/mol. The number of thiophene rings is 1. The van der Waals surface area contributed by atoms with Gasteiger partial charge in [0.25, 0.3) is 5.91 Å². The molecule has 1 aromatic carbocycles. The van der Waals surface area contributed by atoms with Crippen LogP contribution in [0.3, 0.4) is 0 Å². The van der Waals surface area contributed by atoms with Crippen LogP contribution >= 0.6 is 11.3 Å². The standard InChI is InChI=1S/C21H18N2O2S/c1-15-9-19-10-18(4-5-20(19)25-15)21(24)23(13-17-6-8-26-14-17)12-16-3-2-7-22-11-16/h2-11,14H,12-13H2,1H3. The van der Waals surface area contributed by atoms with Crippen molar-refractivity contribution in [1.29, 1.82) is 0 Å². The molecule has 3 heterocycles. The summed E-state index contributed by atoms with van der Waals surface area (Å²) in [5, 5.41) is 5.05. The lowest BCUT2D eigenvalue weighted by molar-refractivity contribution is 0.0730. The van der Waals surface area contributed by atoms with E-state index in [1.54, 1.807) is 23.7 Å². The number of aromatic nitrogens is 1. The van der Waals surface area contributed by atoms with E-state index in [2.05, 4.69) is 16.4 Å². The van der Waals surface area contributed by atoms with Crippen LogP contribution in [0.15, 0.2) is 70.0 Å². The fourth-order valence-corrected chi connectivity index (χ4v) is 3.67. The monoisotopic (exact) mass is 362 g/mol. The number of carbonyl (C=O) groups excluding carboxylic acids is 1. The van der Waals surface area contributed by atoms with Gasteiger partial charge in [-0.2, -0.15) is 11.3 Å². The maximum Gasteiger partial charge on any atom is 0.254 e. The predicted molar refractivity (Wildman–Crippen MR) is 103 cm³/mol. The molecular weight excluding hydrogens is 344 g/mol. The summed E-state index contributed by atoms with van der Waals surface area (Å²) < 4.78 is 5.61. The minimum absolute atomic E-state index is 0.000746. The van der Waals surface area contributed by atoms with Crippen molar-refractivity contribution in [3.05, 3.63) is 88.1 Å². The van der Waals surface area contributed by atoms with Gasteiger partial charge in [-0.1, -0.05) is 6.07 Å². The molecule has 0 aliphatic carbocycles. The highest BCUT2D eigenvalue weighted by Crippen LogP contribution is 2.22. The maximum atomic E-state index is 13.2. The highest BCUT2D eigenvalue weighted by atomic mass is 32.1. The van der Waals surface area contributed by atoms with Crippen LogP contribution in [-0.2, 0) is 13.1 Å². The molecule has 0 aliphatic rings. The number of carbonyl (C=O) groups is 1. The van der Waals surface area contributed by atoms with Gasteiger partial charge in [-0.05, 0) is 65.2 Å². The number of aryl methyl sites for hydroxylation is 1. The van der Waals surface area contributed by atoms with Crippen molar-refractivity contribution >= 4 is 28.2 Å². The molecule has 130 valence electrons. The minimum atomic E-state index is 0.000746. The van der Waals surface area contributed by atoms with Gasteiger partial charge < -0.3 is 9.32 Å². The SMILES string of the molecule is Cc1cc2cc(C(=O)N(Cc3cccnc3)Cc3ccsc3)ccc2o1. The number of benzene rings is 1. The number of nitrogens with zero attached hydrogens (tertiary/aromatic N) is 2. The Morgan fingerprint density at radius 1 is 1.15 bits per heavy atom. The van der Waals surface area contributed by atoms with E-state index in [1.807, 2.05) is 53.6 Å². The molecule has 1 amide bonds. The number of amides is 1. The quantitative estimate of drug-likeness (QED) is 0.500. The Labute approximate surface area is 155 Å². The molecule has 0 bridgehead atoms. The summed E-state index contributed by atoms with van der Waals surface area (Å²) in [4.78, 5) is 19.2. The van der Waals surface area contributed by atoms with E-state index in [0.29, 0.717) is 18.7 Å². The van der Waals surface area contributed by atoms with Crippen LogP contribution < -0.4 is 0 Å². The predicted octanol–water partition coefficient (Wildman–Crippen LogP) is 5.04. The summed E-state index contributed by atoms with van der Waals surface area (Å²) in [5.41, 5.74) is 3.61. The molecule has 3 aromatic heterocycles.